The first-order valence-electron chi connectivity index (χ1n) is 17.5. The molecule has 0 spiro atoms. The van der Waals surface area contributed by atoms with Crippen molar-refractivity contribution in [3.8, 4) is 0 Å². The molecule has 0 aliphatic heterocycles. The summed E-state index contributed by atoms with van der Waals surface area (Å²) in [6.07, 6.45) is -8.18. The van der Waals surface area contributed by atoms with E-state index < -0.39 is 72.5 Å². The topological polar surface area (TPSA) is 207 Å². The van der Waals surface area contributed by atoms with Gasteiger partial charge in [0.25, 0.3) is 5.91 Å². The van der Waals surface area contributed by atoms with Crippen molar-refractivity contribution in [1.29, 1.82) is 0 Å². The Hall–Kier alpha value is -4.04. The third-order valence-corrected chi connectivity index (χ3v) is 7.94. The molecule has 4 amide bonds. The highest BCUT2D eigenvalue weighted by molar-refractivity contribution is 5.88. The second kappa shape index (κ2) is 20.7. The van der Waals surface area contributed by atoms with Crippen molar-refractivity contribution in [2.75, 3.05) is 0 Å². The molecule has 4 unspecified atom stereocenters. The molecule has 0 saturated heterocycles. The average molecular weight is 715 g/mol. The summed E-state index contributed by atoms with van der Waals surface area (Å²) in [7, 11) is 0. The zero-order chi connectivity index (χ0) is 38.3. The number of carbonyl (C=O) groups excluding carboxylic acids is 4. The summed E-state index contributed by atoms with van der Waals surface area (Å²) in [5.41, 5.74) is 0.748. The van der Waals surface area contributed by atoms with Crippen molar-refractivity contribution in [1.82, 2.24) is 21.3 Å². The number of aliphatic hydroxyl groups is 4. The summed E-state index contributed by atoms with van der Waals surface area (Å²) in [6.45, 7) is 12.8. The maximum Gasteiger partial charge on any atom is 0.407 e. The van der Waals surface area contributed by atoms with Crippen molar-refractivity contribution in [2.24, 2.45) is 11.8 Å². The van der Waals surface area contributed by atoms with E-state index in [0.717, 1.165) is 5.56 Å². The summed E-state index contributed by atoms with van der Waals surface area (Å²) in [5.74, 6) is -2.07. The SMILES string of the molecule is CC(C)C[C@H](NC(=O)CC(O)[C@H](CC(C)C)NC(=O)C(O)C(O)C(O)[C@H](Cc1ccccc1)NC(=O)OC(C)(C)C)C(=O)NCc1ccccc1. The summed E-state index contributed by atoms with van der Waals surface area (Å²) in [6, 6.07) is 15.1. The minimum atomic E-state index is -2.17. The van der Waals surface area contributed by atoms with Gasteiger partial charge in [0.1, 0.15) is 23.9 Å². The number of nitrogens with one attached hydrogen (secondary N) is 4. The van der Waals surface area contributed by atoms with Gasteiger partial charge in [0.15, 0.2) is 6.10 Å². The van der Waals surface area contributed by atoms with Crippen LogP contribution in [0.5, 0.6) is 0 Å². The highest BCUT2D eigenvalue weighted by atomic mass is 16.6. The number of rotatable bonds is 19. The second-order valence-corrected chi connectivity index (χ2v) is 14.8. The molecule has 0 fully saturated rings. The van der Waals surface area contributed by atoms with Gasteiger partial charge in [-0.15, -0.1) is 0 Å². The standard InChI is InChI=1S/C38H58N4O9/c1-23(2)18-27(30(43)21-31(44)40-29(19-24(3)4)35(48)39-22-26-16-12-9-13-17-26)41-36(49)34(47)33(46)32(45)28(20-25-14-10-8-11-15-25)42-37(50)51-38(5,6)7/h8-17,23-24,27-30,32-34,43,45-47H,18-22H2,1-7H3,(H,39,48)(H,40,44)(H,41,49)(H,42,50)/t27-,28-,29-,30?,32?,33?,34?/m0/s1. The number of benzene rings is 2. The third kappa shape index (κ3) is 16.2. The van der Waals surface area contributed by atoms with Gasteiger partial charge in [0, 0.05) is 6.54 Å². The quantitative estimate of drug-likeness (QED) is 0.107. The smallest absolute Gasteiger partial charge is 0.407 e. The summed E-state index contributed by atoms with van der Waals surface area (Å²) in [5, 5.41) is 54.6. The Kier molecular flexibility index (Phi) is 17.5. The first-order valence-corrected chi connectivity index (χ1v) is 17.5. The van der Waals surface area contributed by atoms with Crippen LogP contribution in [0.25, 0.3) is 0 Å². The molecular formula is C38H58N4O9. The zero-order valence-corrected chi connectivity index (χ0v) is 30.8. The minimum absolute atomic E-state index is 0.0402. The molecule has 2 rings (SSSR count). The molecule has 7 atom stereocenters. The lowest BCUT2D eigenvalue weighted by Gasteiger charge is -2.32. The number of carbonyl (C=O) groups is 4. The molecule has 0 aliphatic rings. The number of amides is 4. The normalized spacial score (nSPS) is 15.9. The van der Waals surface area contributed by atoms with Crippen molar-refractivity contribution in [2.45, 2.75) is 129 Å². The van der Waals surface area contributed by atoms with Gasteiger partial charge in [-0.3, -0.25) is 14.4 Å². The first kappa shape index (κ1) is 43.1. The average Bonchev–Trinajstić information content (AvgIpc) is 3.04. The lowest BCUT2D eigenvalue weighted by Crippen LogP contribution is -2.58. The predicted octanol–water partition coefficient (Wildman–Crippen LogP) is 2.33. The van der Waals surface area contributed by atoms with Crippen molar-refractivity contribution in [3.05, 3.63) is 71.8 Å². The van der Waals surface area contributed by atoms with Gasteiger partial charge in [0.2, 0.25) is 11.8 Å². The molecule has 2 aromatic rings. The molecule has 0 radical (unpaired) electrons. The maximum atomic E-state index is 13.2. The van der Waals surface area contributed by atoms with Gasteiger partial charge < -0.3 is 46.4 Å². The number of aliphatic hydroxyl groups excluding tert-OH is 4. The van der Waals surface area contributed by atoms with Gasteiger partial charge in [-0.25, -0.2) is 4.79 Å². The van der Waals surface area contributed by atoms with E-state index in [1.54, 1.807) is 51.1 Å². The largest absolute Gasteiger partial charge is 0.444 e. The fourth-order valence-corrected chi connectivity index (χ4v) is 5.45. The molecule has 284 valence electrons. The Balaban J connectivity index is 2.11. The second-order valence-electron chi connectivity index (χ2n) is 14.8. The van der Waals surface area contributed by atoms with E-state index in [1.165, 1.54) is 0 Å². The number of hydrogen-bond donors (Lipinski definition) is 8. The minimum Gasteiger partial charge on any atom is -0.444 e. The summed E-state index contributed by atoms with van der Waals surface area (Å²) < 4.78 is 5.31. The predicted molar refractivity (Wildman–Crippen MR) is 193 cm³/mol. The van der Waals surface area contributed by atoms with Crippen LogP contribution < -0.4 is 21.3 Å². The highest BCUT2D eigenvalue weighted by Crippen LogP contribution is 2.16. The van der Waals surface area contributed by atoms with E-state index in [9.17, 15) is 39.6 Å². The number of hydrogen-bond acceptors (Lipinski definition) is 9. The molecule has 8 N–H and O–H groups in total. The lowest BCUT2D eigenvalue weighted by molar-refractivity contribution is -0.144. The molecule has 2 aromatic carbocycles. The summed E-state index contributed by atoms with van der Waals surface area (Å²) in [4.78, 5) is 51.9. The van der Waals surface area contributed by atoms with E-state index in [4.69, 9.17) is 4.74 Å². The highest BCUT2D eigenvalue weighted by Gasteiger charge is 2.38. The van der Waals surface area contributed by atoms with Crippen molar-refractivity contribution >= 4 is 23.8 Å². The monoisotopic (exact) mass is 714 g/mol. The molecule has 0 aromatic heterocycles. The Morgan fingerprint density at radius 1 is 0.686 bits per heavy atom. The third-order valence-electron chi connectivity index (χ3n) is 7.94. The van der Waals surface area contributed by atoms with Crippen LogP contribution in [-0.4, -0.2) is 92.4 Å². The molecule has 0 heterocycles. The van der Waals surface area contributed by atoms with Gasteiger partial charge in [-0.05, 0) is 63.0 Å². The van der Waals surface area contributed by atoms with E-state index in [1.807, 2.05) is 58.0 Å². The fraction of sp³-hybridized carbons (Fsp3) is 0.579. The fourth-order valence-electron chi connectivity index (χ4n) is 5.45. The Morgan fingerprint density at radius 2 is 1.24 bits per heavy atom. The maximum absolute atomic E-state index is 13.2. The summed E-state index contributed by atoms with van der Waals surface area (Å²) >= 11 is 0. The molecule has 0 bridgehead atoms. The van der Waals surface area contributed by atoms with E-state index in [-0.39, 0.29) is 37.1 Å². The Bertz CT molecular complexity index is 1370. The van der Waals surface area contributed by atoms with Gasteiger partial charge >= 0.3 is 6.09 Å². The molecule has 0 aliphatic carbocycles. The van der Waals surface area contributed by atoms with Crippen LogP contribution in [0.1, 0.15) is 78.9 Å². The van der Waals surface area contributed by atoms with Gasteiger partial charge in [-0.1, -0.05) is 88.4 Å². The molecule has 13 heteroatoms. The van der Waals surface area contributed by atoms with Crippen LogP contribution in [0, 0.1) is 11.8 Å². The van der Waals surface area contributed by atoms with E-state index in [2.05, 4.69) is 21.3 Å². The number of alkyl carbamates (subject to hydrolysis) is 1. The molecular weight excluding hydrogens is 656 g/mol. The van der Waals surface area contributed by atoms with Crippen LogP contribution in [-0.2, 0) is 32.1 Å². The van der Waals surface area contributed by atoms with Crippen molar-refractivity contribution in [3.63, 3.8) is 0 Å². The van der Waals surface area contributed by atoms with Gasteiger partial charge in [0.05, 0.1) is 24.6 Å². The molecule has 51 heavy (non-hydrogen) atoms. The van der Waals surface area contributed by atoms with Crippen LogP contribution in [0.2, 0.25) is 0 Å². The molecule has 13 nitrogen and oxygen atoms in total. The Labute approximate surface area is 301 Å². The lowest BCUT2D eigenvalue weighted by atomic mass is 9.93. The molecule has 0 saturated carbocycles. The van der Waals surface area contributed by atoms with Crippen LogP contribution >= 0.6 is 0 Å². The van der Waals surface area contributed by atoms with E-state index in [0.29, 0.717) is 12.0 Å². The van der Waals surface area contributed by atoms with Crippen LogP contribution in [0.3, 0.4) is 0 Å². The van der Waals surface area contributed by atoms with Crippen molar-refractivity contribution < 1.29 is 44.3 Å². The Morgan fingerprint density at radius 3 is 1.76 bits per heavy atom. The van der Waals surface area contributed by atoms with Gasteiger partial charge in [-0.2, -0.15) is 0 Å². The van der Waals surface area contributed by atoms with E-state index >= 15 is 0 Å². The number of ether oxygens (including phenoxy) is 1. The zero-order valence-electron chi connectivity index (χ0n) is 30.8. The first-order chi connectivity index (χ1) is 23.9. The van der Waals surface area contributed by atoms with Crippen LogP contribution in [0.15, 0.2) is 60.7 Å². The van der Waals surface area contributed by atoms with Crippen LogP contribution in [0.4, 0.5) is 4.79 Å².